The molecule has 0 N–H and O–H groups in total. The van der Waals surface area contributed by atoms with Crippen LogP contribution in [0.15, 0.2) is 72.8 Å². The van der Waals surface area contributed by atoms with E-state index in [-0.39, 0.29) is 11.6 Å². The molecule has 1 aromatic heterocycles. The molecule has 134 valence electrons. The van der Waals surface area contributed by atoms with E-state index >= 15 is 0 Å². The van der Waals surface area contributed by atoms with Crippen molar-refractivity contribution in [2.45, 2.75) is 6.92 Å². The molecule has 0 fully saturated rings. The van der Waals surface area contributed by atoms with Crippen molar-refractivity contribution in [3.8, 4) is 28.2 Å². The Morgan fingerprint density at radius 2 is 1.26 bits per heavy atom. The fourth-order valence-corrected chi connectivity index (χ4v) is 3.22. The van der Waals surface area contributed by atoms with E-state index in [2.05, 4.69) is 0 Å². The molecule has 0 saturated heterocycles. The van der Waals surface area contributed by atoms with Gasteiger partial charge in [0.15, 0.2) is 0 Å². The lowest BCUT2D eigenvalue weighted by atomic mass is 10.0. The van der Waals surface area contributed by atoms with Crippen LogP contribution in [0.2, 0.25) is 5.02 Å². The van der Waals surface area contributed by atoms with E-state index in [1.54, 1.807) is 41.1 Å². The van der Waals surface area contributed by atoms with Crippen molar-refractivity contribution in [2.24, 2.45) is 0 Å². The average Bonchev–Trinajstić information content (AvgIpc) is 3.01. The van der Waals surface area contributed by atoms with Crippen molar-refractivity contribution in [2.75, 3.05) is 0 Å². The number of rotatable bonds is 3. The Bertz CT molecular complexity index is 1080. The van der Waals surface area contributed by atoms with E-state index in [0.717, 1.165) is 33.8 Å². The summed E-state index contributed by atoms with van der Waals surface area (Å²) in [4.78, 5) is 0. The standard InChI is InChI=1S/C22H15ClF2N2/c1-14-21(15-2-8-18(24)9-3-15)26-27(20-12-6-17(23)7-13-20)22(14)16-4-10-19(25)11-5-16/h2-13H,1H3. The maximum atomic E-state index is 13.4. The summed E-state index contributed by atoms with van der Waals surface area (Å²) in [6, 6.07) is 19.8. The third kappa shape index (κ3) is 3.36. The molecular weight excluding hydrogens is 366 g/mol. The molecule has 0 spiro atoms. The summed E-state index contributed by atoms with van der Waals surface area (Å²) in [5.74, 6) is -0.597. The van der Waals surface area contributed by atoms with Crippen LogP contribution < -0.4 is 0 Å². The van der Waals surface area contributed by atoms with Crippen molar-refractivity contribution in [3.63, 3.8) is 0 Å². The largest absolute Gasteiger partial charge is 0.232 e. The molecule has 0 aliphatic rings. The number of hydrogen-bond acceptors (Lipinski definition) is 1. The highest BCUT2D eigenvalue weighted by atomic mass is 35.5. The maximum absolute atomic E-state index is 13.4. The van der Waals surface area contributed by atoms with E-state index in [1.165, 1.54) is 24.3 Å². The van der Waals surface area contributed by atoms with Crippen molar-refractivity contribution in [1.29, 1.82) is 0 Å². The first-order valence-electron chi connectivity index (χ1n) is 8.40. The Hall–Kier alpha value is -2.98. The zero-order valence-corrected chi connectivity index (χ0v) is 15.2. The topological polar surface area (TPSA) is 17.8 Å². The average molecular weight is 381 g/mol. The van der Waals surface area contributed by atoms with Gasteiger partial charge in [-0.15, -0.1) is 0 Å². The minimum Gasteiger partial charge on any atom is -0.232 e. The van der Waals surface area contributed by atoms with Crippen molar-refractivity contribution >= 4 is 11.6 Å². The highest BCUT2D eigenvalue weighted by Crippen LogP contribution is 2.34. The zero-order chi connectivity index (χ0) is 19.0. The molecule has 3 aromatic carbocycles. The molecular formula is C22H15ClF2N2. The molecule has 4 aromatic rings. The molecule has 0 unspecified atom stereocenters. The van der Waals surface area contributed by atoms with Gasteiger partial charge >= 0.3 is 0 Å². The smallest absolute Gasteiger partial charge is 0.123 e. The molecule has 0 atom stereocenters. The van der Waals surface area contributed by atoms with E-state index in [0.29, 0.717) is 5.02 Å². The summed E-state index contributed by atoms with van der Waals surface area (Å²) in [6.45, 7) is 1.96. The lowest BCUT2D eigenvalue weighted by Crippen LogP contribution is -1.99. The van der Waals surface area contributed by atoms with Crippen LogP contribution in [0.3, 0.4) is 0 Å². The summed E-state index contributed by atoms with van der Waals surface area (Å²) in [5.41, 5.74) is 4.98. The SMILES string of the molecule is Cc1c(-c2ccc(F)cc2)nn(-c2ccc(Cl)cc2)c1-c1ccc(F)cc1. The van der Waals surface area contributed by atoms with Gasteiger partial charge in [-0.2, -0.15) is 5.10 Å². The third-order valence-electron chi connectivity index (χ3n) is 4.43. The first-order valence-corrected chi connectivity index (χ1v) is 8.78. The van der Waals surface area contributed by atoms with Gasteiger partial charge in [-0.25, -0.2) is 13.5 Å². The number of aromatic nitrogens is 2. The molecule has 1 heterocycles. The van der Waals surface area contributed by atoms with Crippen LogP contribution in [0.4, 0.5) is 8.78 Å². The van der Waals surface area contributed by atoms with Crippen molar-refractivity contribution in [1.82, 2.24) is 9.78 Å². The molecule has 0 saturated carbocycles. The number of hydrogen-bond donors (Lipinski definition) is 0. The van der Waals surface area contributed by atoms with Gasteiger partial charge in [0.2, 0.25) is 0 Å². The zero-order valence-electron chi connectivity index (χ0n) is 14.5. The van der Waals surface area contributed by atoms with Gasteiger partial charge < -0.3 is 0 Å². The fraction of sp³-hybridized carbons (Fsp3) is 0.0455. The van der Waals surface area contributed by atoms with Crippen LogP contribution in [0.1, 0.15) is 5.56 Å². The lowest BCUT2D eigenvalue weighted by Gasteiger charge is -2.09. The van der Waals surface area contributed by atoms with Crippen LogP contribution >= 0.6 is 11.6 Å². The predicted octanol–water partition coefficient (Wildman–Crippen LogP) is 6.45. The first-order chi connectivity index (χ1) is 13.0. The van der Waals surface area contributed by atoms with Gasteiger partial charge in [-0.3, -0.25) is 0 Å². The van der Waals surface area contributed by atoms with Crippen LogP contribution in [0, 0.1) is 18.6 Å². The Morgan fingerprint density at radius 3 is 1.81 bits per heavy atom. The molecule has 0 bridgehead atoms. The van der Waals surface area contributed by atoms with E-state index in [9.17, 15) is 8.78 Å². The fourth-order valence-electron chi connectivity index (χ4n) is 3.09. The molecule has 4 rings (SSSR count). The van der Waals surface area contributed by atoms with Gasteiger partial charge in [-0.05, 0) is 79.7 Å². The number of benzene rings is 3. The normalized spacial score (nSPS) is 11.0. The summed E-state index contributed by atoms with van der Waals surface area (Å²) >= 11 is 6.01. The number of halogens is 3. The highest BCUT2D eigenvalue weighted by Gasteiger charge is 2.18. The molecule has 0 radical (unpaired) electrons. The molecule has 0 aliphatic carbocycles. The van der Waals surface area contributed by atoms with Crippen LogP contribution in [-0.4, -0.2) is 9.78 Å². The quantitative estimate of drug-likeness (QED) is 0.399. The summed E-state index contributed by atoms with van der Waals surface area (Å²) in [7, 11) is 0. The van der Waals surface area contributed by atoms with Gasteiger partial charge in [-0.1, -0.05) is 11.6 Å². The summed E-state index contributed by atoms with van der Waals surface area (Å²) in [6.07, 6.45) is 0. The molecule has 27 heavy (non-hydrogen) atoms. The lowest BCUT2D eigenvalue weighted by molar-refractivity contribution is 0.627. The Morgan fingerprint density at radius 1 is 0.741 bits per heavy atom. The van der Waals surface area contributed by atoms with E-state index in [1.807, 2.05) is 19.1 Å². The molecule has 0 amide bonds. The minimum atomic E-state index is -0.299. The molecule has 2 nitrogen and oxygen atoms in total. The second kappa shape index (κ2) is 6.97. The Labute approximate surface area is 160 Å². The third-order valence-corrected chi connectivity index (χ3v) is 4.68. The van der Waals surface area contributed by atoms with Gasteiger partial charge in [0.1, 0.15) is 11.6 Å². The Kier molecular flexibility index (Phi) is 4.50. The van der Waals surface area contributed by atoms with Gasteiger partial charge in [0, 0.05) is 21.7 Å². The van der Waals surface area contributed by atoms with Crippen LogP contribution in [0.5, 0.6) is 0 Å². The summed E-state index contributed by atoms with van der Waals surface area (Å²) < 4.78 is 28.5. The van der Waals surface area contributed by atoms with E-state index < -0.39 is 0 Å². The Balaban J connectivity index is 1.95. The monoisotopic (exact) mass is 380 g/mol. The predicted molar refractivity (Wildman–Crippen MR) is 104 cm³/mol. The van der Waals surface area contributed by atoms with Crippen molar-refractivity contribution < 1.29 is 8.78 Å². The second-order valence-corrected chi connectivity index (χ2v) is 6.66. The van der Waals surface area contributed by atoms with Crippen LogP contribution in [0.25, 0.3) is 28.2 Å². The second-order valence-electron chi connectivity index (χ2n) is 6.22. The van der Waals surface area contributed by atoms with Gasteiger partial charge in [0.05, 0.1) is 17.1 Å². The van der Waals surface area contributed by atoms with Crippen molar-refractivity contribution in [3.05, 3.63) is 95.0 Å². The number of nitrogens with zero attached hydrogens (tertiary/aromatic N) is 2. The summed E-state index contributed by atoms with van der Waals surface area (Å²) in [5, 5.41) is 5.40. The minimum absolute atomic E-state index is 0.298. The highest BCUT2D eigenvalue weighted by molar-refractivity contribution is 6.30. The van der Waals surface area contributed by atoms with Crippen LogP contribution in [-0.2, 0) is 0 Å². The van der Waals surface area contributed by atoms with Gasteiger partial charge in [0.25, 0.3) is 0 Å². The maximum Gasteiger partial charge on any atom is 0.123 e. The first kappa shape index (κ1) is 17.4. The molecule has 0 aliphatic heterocycles. The van der Waals surface area contributed by atoms with E-state index in [4.69, 9.17) is 16.7 Å². The molecule has 5 heteroatoms.